The van der Waals surface area contributed by atoms with Gasteiger partial charge in [0.1, 0.15) is 5.69 Å². The van der Waals surface area contributed by atoms with Gasteiger partial charge in [0.15, 0.2) is 5.82 Å². The summed E-state index contributed by atoms with van der Waals surface area (Å²) in [5.74, 6) is 0.788. The molecule has 0 bridgehead atoms. The zero-order chi connectivity index (χ0) is 21.5. The zero-order valence-corrected chi connectivity index (χ0v) is 18.1. The molecule has 1 saturated carbocycles. The fourth-order valence-electron chi connectivity index (χ4n) is 4.10. The van der Waals surface area contributed by atoms with Gasteiger partial charge in [-0.05, 0) is 68.5 Å². The Bertz CT molecular complexity index is 1140. The van der Waals surface area contributed by atoms with Gasteiger partial charge in [0.25, 0.3) is 5.91 Å². The van der Waals surface area contributed by atoms with Crippen molar-refractivity contribution in [2.24, 2.45) is 0 Å². The number of pyridine rings is 1. The maximum atomic E-state index is 12.5. The van der Waals surface area contributed by atoms with Gasteiger partial charge in [-0.15, -0.1) is 5.10 Å². The number of nitrogens with one attached hydrogen (secondary N) is 1. The molecule has 160 valence electrons. The van der Waals surface area contributed by atoms with Gasteiger partial charge < -0.3 is 15.0 Å². The molecule has 7 nitrogen and oxygen atoms in total. The second-order valence-electron chi connectivity index (χ2n) is 8.75. The predicted octanol–water partition coefficient (Wildman–Crippen LogP) is 3.51. The maximum Gasteiger partial charge on any atom is 0.270 e. The average molecular weight is 418 g/mol. The largest absolute Gasteiger partial charge is 0.375 e. The van der Waals surface area contributed by atoms with Crippen LogP contribution in [0.15, 0.2) is 36.7 Å². The summed E-state index contributed by atoms with van der Waals surface area (Å²) in [6.07, 6.45) is 5.84. The molecule has 1 N–H and O–H groups in total. The molecule has 3 aromatic rings. The van der Waals surface area contributed by atoms with Crippen LogP contribution in [0.5, 0.6) is 0 Å². The Balaban J connectivity index is 1.51. The van der Waals surface area contributed by atoms with E-state index < -0.39 is 0 Å². The van der Waals surface area contributed by atoms with Gasteiger partial charge in [-0.1, -0.05) is 6.07 Å². The smallest absolute Gasteiger partial charge is 0.270 e. The number of hydrogen-bond acceptors (Lipinski definition) is 6. The lowest BCUT2D eigenvalue weighted by atomic mass is 9.98. The Kier molecular flexibility index (Phi) is 5.06. The highest BCUT2D eigenvalue weighted by molar-refractivity contribution is 5.96. The van der Waals surface area contributed by atoms with Crippen LogP contribution in [-0.4, -0.2) is 52.4 Å². The van der Waals surface area contributed by atoms with E-state index in [1.165, 1.54) is 0 Å². The van der Waals surface area contributed by atoms with Crippen LogP contribution in [0.2, 0.25) is 0 Å². The molecule has 2 atom stereocenters. The van der Waals surface area contributed by atoms with E-state index >= 15 is 0 Å². The predicted molar refractivity (Wildman–Crippen MR) is 120 cm³/mol. The lowest BCUT2D eigenvalue weighted by Crippen LogP contribution is -2.48. The molecule has 0 spiro atoms. The topological polar surface area (TPSA) is 80.2 Å². The summed E-state index contributed by atoms with van der Waals surface area (Å²) >= 11 is 0. The van der Waals surface area contributed by atoms with Gasteiger partial charge in [0.05, 0.1) is 24.9 Å². The van der Waals surface area contributed by atoms with Crippen molar-refractivity contribution in [2.75, 3.05) is 18.1 Å². The number of benzene rings is 1. The number of nitrogens with zero attached hydrogens (tertiary/aromatic N) is 4. The zero-order valence-electron chi connectivity index (χ0n) is 18.1. The van der Waals surface area contributed by atoms with Gasteiger partial charge in [0.2, 0.25) is 0 Å². The second-order valence-corrected chi connectivity index (χ2v) is 8.75. The Morgan fingerprint density at radius 3 is 2.84 bits per heavy atom. The first-order chi connectivity index (χ1) is 15.0. The molecule has 1 aliphatic heterocycles. The number of ether oxygens (including phenoxy) is 1. The van der Waals surface area contributed by atoms with E-state index in [4.69, 9.17) is 4.74 Å². The van der Waals surface area contributed by atoms with Crippen molar-refractivity contribution in [3.63, 3.8) is 0 Å². The summed E-state index contributed by atoms with van der Waals surface area (Å²) in [5.41, 5.74) is 3.53. The molecular formula is C24H27N5O2. The third-order valence-electron chi connectivity index (χ3n) is 6.08. The first kappa shape index (κ1) is 19.9. The molecule has 1 amide bonds. The average Bonchev–Trinajstić information content (AvgIpc) is 3.59. The first-order valence-electron chi connectivity index (χ1n) is 10.9. The minimum atomic E-state index is -0.104. The van der Waals surface area contributed by atoms with Crippen LogP contribution < -0.4 is 10.2 Å². The molecule has 7 heteroatoms. The van der Waals surface area contributed by atoms with E-state index in [0.29, 0.717) is 18.3 Å². The quantitative estimate of drug-likeness (QED) is 0.700. The number of rotatable bonds is 4. The maximum absolute atomic E-state index is 12.5. The number of amides is 1. The molecule has 2 aliphatic rings. The first-order valence-corrected chi connectivity index (χ1v) is 10.9. The summed E-state index contributed by atoms with van der Waals surface area (Å²) in [5, 5.41) is 13.8. The normalized spacial score (nSPS) is 21.3. The highest BCUT2D eigenvalue weighted by Crippen LogP contribution is 2.32. The van der Waals surface area contributed by atoms with Crippen LogP contribution in [0.3, 0.4) is 0 Å². The van der Waals surface area contributed by atoms with E-state index in [1.54, 1.807) is 12.4 Å². The molecule has 1 aromatic carbocycles. The van der Waals surface area contributed by atoms with Crippen molar-refractivity contribution in [1.82, 2.24) is 20.5 Å². The van der Waals surface area contributed by atoms with Crippen molar-refractivity contribution in [3.05, 3.63) is 47.9 Å². The van der Waals surface area contributed by atoms with E-state index in [-0.39, 0.29) is 18.1 Å². The monoisotopic (exact) mass is 417 g/mol. The number of anilines is 1. The number of morpholine rings is 1. The Labute approximate surface area is 181 Å². The molecule has 2 aromatic heterocycles. The van der Waals surface area contributed by atoms with Crippen LogP contribution in [0.4, 0.5) is 5.82 Å². The molecule has 3 heterocycles. The Morgan fingerprint density at radius 2 is 2.03 bits per heavy atom. The third-order valence-corrected chi connectivity index (χ3v) is 6.08. The molecule has 0 radical (unpaired) electrons. The lowest BCUT2D eigenvalue weighted by Gasteiger charge is -2.37. The molecule has 2 unspecified atom stereocenters. The number of aryl methyl sites for hydroxylation is 1. The van der Waals surface area contributed by atoms with Gasteiger partial charge >= 0.3 is 0 Å². The van der Waals surface area contributed by atoms with E-state index in [2.05, 4.69) is 57.4 Å². The third kappa shape index (κ3) is 3.97. The number of carbonyl (C=O) groups excluding carboxylic acids is 1. The SMILES string of the molecule is Cc1cnc(C(=O)NC2CC2)cc1-c1ccc2c(N3CC(C)OCC3C)nncc2c1. The number of hydrogen-bond donors (Lipinski definition) is 1. The van der Waals surface area contributed by atoms with Crippen LogP contribution >= 0.6 is 0 Å². The van der Waals surface area contributed by atoms with Gasteiger partial charge in [-0.25, -0.2) is 0 Å². The minimum Gasteiger partial charge on any atom is -0.375 e. The Hall–Kier alpha value is -3.06. The van der Waals surface area contributed by atoms with Gasteiger partial charge in [0, 0.05) is 29.6 Å². The van der Waals surface area contributed by atoms with Gasteiger partial charge in [-0.3, -0.25) is 9.78 Å². The highest BCUT2D eigenvalue weighted by atomic mass is 16.5. The van der Waals surface area contributed by atoms with E-state index in [0.717, 1.165) is 52.7 Å². The lowest BCUT2D eigenvalue weighted by molar-refractivity contribution is 0.0341. The number of aromatic nitrogens is 3. The molecule has 1 saturated heterocycles. The van der Waals surface area contributed by atoms with E-state index in [9.17, 15) is 4.79 Å². The fourth-order valence-corrected chi connectivity index (χ4v) is 4.10. The Morgan fingerprint density at radius 1 is 1.19 bits per heavy atom. The second kappa shape index (κ2) is 7.89. The fraction of sp³-hybridized carbons (Fsp3) is 0.417. The van der Waals surface area contributed by atoms with Crippen molar-refractivity contribution >= 4 is 22.5 Å². The van der Waals surface area contributed by atoms with Crippen LogP contribution in [0, 0.1) is 6.92 Å². The van der Waals surface area contributed by atoms with Crippen molar-refractivity contribution in [2.45, 2.75) is 51.8 Å². The number of fused-ring (bicyclic) bond motifs is 1. The summed E-state index contributed by atoms with van der Waals surface area (Å²) < 4.78 is 5.77. The van der Waals surface area contributed by atoms with Crippen molar-refractivity contribution in [1.29, 1.82) is 0 Å². The van der Waals surface area contributed by atoms with Crippen LogP contribution in [0.25, 0.3) is 21.9 Å². The summed E-state index contributed by atoms with van der Waals surface area (Å²) in [7, 11) is 0. The van der Waals surface area contributed by atoms with Crippen LogP contribution in [0.1, 0.15) is 42.7 Å². The summed E-state index contributed by atoms with van der Waals surface area (Å²) in [6.45, 7) is 7.72. The molecular weight excluding hydrogens is 390 g/mol. The van der Waals surface area contributed by atoms with E-state index in [1.807, 2.05) is 13.0 Å². The number of carbonyl (C=O) groups is 1. The summed E-state index contributed by atoms with van der Waals surface area (Å²) in [4.78, 5) is 19.1. The molecule has 1 aliphatic carbocycles. The standard InChI is InChI=1S/C24H27N5O2/c1-14-10-25-22(24(30)27-19-5-6-19)9-21(14)17-4-7-20-18(8-17)11-26-28-23(20)29-12-16(3)31-13-15(29)2/h4,7-11,15-16,19H,5-6,12-13H2,1-3H3,(H,27,30). The summed E-state index contributed by atoms with van der Waals surface area (Å²) in [6, 6.07) is 8.74. The highest BCUT2D eigenvalue weighted by Gasteiger charge is 2.27. The van der Waals surface area contributed by atoms with Crippen LogP contribution in [-0.2, 0) is 4.74 Å². The van der Waals surface area contributed by atoms with Gasteiger partial charge in [-0.2, -0.15) is 5.10 Å². The molecule has 31 heavy (non-hydrogen) atoms. The molecule has 5 rings (SSSR count). The minimum absolute atomic E-state index is 0.104. The molecule has 2 fully saturated rings. The van der Waals surface area contributed by atoms with Crippen molar-refractivity contribution < 1.29 is 9.53 Å². The van der Waals surface area contributed by atoms with Crippen molar-refractivity contribution in [3.8, 4) is 11.1 Å².